The van der Waals surface area contributed by atoms with Crippen molar-refractivity contribution in [3.8, 4) is 0 Å². The molecule has 0 N–H and O–H groups in total. The van der Waals surface area contributed by atoms with Gasteiger partial charge in [-0.3, -0.25) is 4.79 Å². The van der Waals surface area contributed by atoms with Gasteiger partial charge in [-0.1, -0.05) is 23.7 Å². The predicted molar refractivity (Wildman–Crippen MR) is 79.1 cm³/mol. The van der Waals surface area contributed by atoms with Crippen molar-refractivity contribution in [3.05, 3.63) is 41.3 Å². The monoisotopic (exact) mass is 288 g/mol. The highest BCUT2D eigenvalue weighted by Crippen LogP contribution is 2.37. The van der Waals surface area contributed by atoms with Gasteiger partial charge in [0.2, 0.25) is 0 Å². The van der Waals surface area contributed by atoms with E-state index < -0.39 is 0 Å². The maximum Gasteiger partial charge on any atom is 0.156 e. The minimum atomic E-state index is 0.182. The highest BCUT2D eigenvalue weighted by molar-refractivity contribution is 6.32. The maximum absolute atomic E-state index is 11.3. The third-order valence-electron chi connectivity index (χ3n) is 3.43. The van der Waals surface area contributed by atoms with E-state index >= 15 is 0 Å². The van der Waals surface area contributed by atoms with Gasteiger partial charge in [-0.25, -0.2) is 9.97 Å². The molecule has 0 unspecified atom stereocenters. The third kappa shape index (κ3) is 2.00. The maximum atomic E-state index is 11.3. The average Bonchev–Trinajstić information content (AvgIpc) is 2.48. The number of rotatable bonds is 2. The Morgan fingerprint density at radius 3 is 2.70 bits per heavy atom. The van der Waals surface area contributed by atoms with Crippen molar-refractivity contribution >= 4 is 35.1 Å². The molecule has 6 heteroatoms. The number of nitrogens with zero attached hydrogens (tertiary/aromatic N) is 4. The summed E-state index contributed by atoms with van der Waals surface area (Å²) >= 11 is 5.99. The highest BCUT2D eigenvalue weighted by atomic mass is 35.5. The Bertz CT molecular complexity index is 661. The molecule has 2 heterocycles. The zero-order valence-electron chi connectivity index (χ0n) is 11.0. The number of carbonyl (C=O) groups is 1. The van der Waals surface area contributed by atoms with Crippen molar-refractivity contribution in [2.75, 3.05) is 29.9 Å². The molecule has 102 valence electrons. The first-order valence-electron chi connectivity index (χ1n) is 6.25. The van der Waals surface area contributed by atoms with Crippen LogP contribution in [0, 0.1) is 0 Å². The predicted octanol–water partition coefficient (Wildman–Crippen LogP) is 2.53. The summed E-state index contributed by atoms with van der Waals surface area (Å²) in [6, 6.07) is 8.02. The molecule has 0 saturated carbocycles. The van der Waals surface area contributed by atoms with Gasteiger partial charge >= 0.3 is 0 Å². The molecule has 0 fully saturated rings. The molecular formula is C14H13ClN4O. The molecule has 1 aromatic carbocycles. The van der Waals surface area contributed by atoms with Crippen LogP contribution in [0.15, 0.2) is 30.6 Å². The van der Waals surface area contributed by atoms with Gasteiger partial charge in [0.05, 0.1) is 16.9 Å². The molecule has 1 aliphatic rings. The molecule has 20 heavy (non-hydrogen) atoms. The van der Waals surface area contributed by atoms with Gasteiger partial charge in [0.15, 0.2) is 6.29 Å². The number of fused-ring (bicyclic) bond motifs is 1. The molecule has 0 radical (unpaired) electrons. The Balaban J connectivity index is 2.15. The van der Waals surface area contributed by atoms with Gasteiger partial charge in [-0.2, -0.15) is 0 Å². The summed E-state index contributed by atoms with van der Waals surface area (Å²) in [5, 5.41) is 0.182. The number of benzene rings is 1. The largest absolute Gasteiger partial charge is 0.371 e. The first-order valence-corrected chi connectivity index (χ1v) is 6.63. The van der Waals surface area contributed by atoms with Crippen molar-refractivity contribution in [1.82, 2.24) is 9.97 Å². The average molecular weight is 289 g/mol. The Hall–Kier alpha value is -2.14. The van der Waals surface area contributed by atoms with Crippen LogP contribution in [-0.4, -0.2) is 36.4 Å². The van der Waals surface area contributed by atoms with Crippen molar-refractivity contribution in [2.24, 2.45) is 0 Å². The minimum absolute atomic E-state index is 0.182. The van der Waals surface area contributed by atoms with Crippen molar-refractivity contribution in [1.29, 1.82) is 0 Å². The molecule has 0 amide bonds. The smallest absolute Gasteiger partial charge is 0.156 e. The van der Waals surface area contributed by atoms with E-state index in [1.807, 2.05) is 36.2 Å². The second kappa shape index (κ2) is 5.09. The molecule has 0 aliphatic carbocycles. The zero-order valence-corrected chi connectivity index (χ0v) is 11.7. The lowest BCUT2D eigenvalue weighted by Gasteiger charge is -2.36. The summed E-state index contributed by atoms with van der Waals surface area (Å²) in [6.45, 7) is 1.58. The van der Waals surface area contributed by atoms with E-state index in [0.29, 0.717) is 17.7 Å². The molecule has 5 nitrogen and oxygen atoms in total. The van der Waals surface area contributed by atoms with E-state index in [2.05, 4.69) is 14.9 Å². The van der Waals surface area contributed by atoms with Crippen LogP contribution in [0.25, 0.3) is 0 Å². The van der Waals surface area contributed by atoms with Crippen LogP contribution in [0.5, 0.6) is 0 Å². The quantitative estimate of drug-likeness (QED) is 0.628. The number of aldehydes is 1. The van der Waals surface area contributed by atoms with E-state index in [4.69, 9.17) is 11.6 Å². The Kier molecular flexibility index (Phi) is 3.28. The van der Waals surface area contributed by atoms with E-state index in [1.54, 1.807) is 0 Å². The highest BCUT2D eigenvalue weighted by Gasteiger charge is 2.24. The fourth-order valence-corrected chi connectivity index (χ4v) is 2.58. The summed E-state index contributed by atoms with van der Waals surface area (Å²) in [7, 11) is 2.05. The molecule has 1 aliphatic heterocycles. The van der Waals surface area contributed by atoms with Crippen LogP contribution >= 0.6 is 11.6 Å². The van der Waals surface area contributed by atoms with Gasteiger partial charge in [0.1, 0.15) is 17.3 Å². The van der Waals surface area contributed by atoms with Crippen molar-refractivity contribution in [2.45, 2.75) is 0 Å². The number of hydrogen-bond acceptors (Lipinski definition) is 5. The molecule has 2 aromatic rings. The molecule has 0 bridgehead atoms. The lowest BCUT2D eigenvalue weighted by molar-refractivity contribution is 0.112. The van der Waals surface area contributed by atoms with Gasteiger partial charge < -0.3 is 9.80 Å². The zero-order chi connectivity index (χ0) is 14.1. The van der Waals surface area contributed by atoms with Crippen LogP contribution in [0.2, 0.25) is 5.15 Å². The van der Waals surface area contributed by atoms with E-state index in [9.17, 15) is 4.79 Å². The van der Waals surface area contributed by atoms with Gasteiger partial charge in [-0.05, 0) is 12.1 Å². The van der Waals surface area contributed by atoms with E-state index in [0.717, 1.165) is 24.5 Å². The summed E-state index contributed by atoms with van der Waals surface area (Å²) in [5.41, 5.74) is 2.44. The molecular weight excluding hydrogens is 276 g/mol. The number of carbonyl (C=O) groups excluding carboxylic acids is 1. The summed E-state index contributed by atoms with van der Waals surface area (Å²) in [5.74, 6) is 0.556. The summed E-state index contributed by atoms with van der Waals surface area (Å²) in [4.78, 5) is 23.5. The topological polar surface area (TPSA) is 49.3 Å². The Labute approximate surface area is 121 Å². The second-order valence-electron chi connectivity index (χ2n) is 4.58. The first kappa shape index (κ1) is 12.9. The number of para-hydroxylation sites is 2. The lowest BCUT2D eigenvalue weighted by Crippen LogP contribution is -2.37. The fourth-order valence-electron chi connectivity index (χ4n) is 2.41. The third-order valence-corrected chi connectivity index (χ3v) is 3.73. The van der Waals surface area contributed by atoms with E-state index in [1.165, 1.54) is 6.33 Å². The normalized spacial score (nSPS) is 14.1. The number of aromatic nitrogens is 2. The number of anilines is 3. The molecule has 0 spiro atoms. The lowest BCUT2D eigenvalue weighted by atomic mass is 10.1. The fraction of sp³-hybridized carbons (Fsp3) is 0.214. The number of hydrogen-bond donors (Lipinski definition) is 0. The number of likely N-dealkylation sites (N-methyl/N-ethyl adjacent to an activating group) is 1. The summed E-state index contributed by atoms with van der Waals surface area (Å²) in [6.07, 6.45) is 2.09. The minimum Gasteiger partial charge on any atom is -0.371 e. The van der Waals surface area contributed by atoms with Crippen LogP contribution in [0.4, 0.5) is 17.2 Å². The standard InChI is InChI=1S/C14H13ClN4O/c1-18-6-7-19(12-5-3-2-4-11(12)18)14-10(8-20)13(15)16-9-17-14/h2-5,8-9H,6-7H2,1H3. The molecule has 1 aromatic heterocycles. The summed E-state index contributed by atoms with van der Waals surface area (Å²) < 4.78 is 0. The van der Waals surface area contributed by atoms with Gasteiger partial charge in [-0.15, -0.1) is 0 Å². The first-order chi connectivity index (χ1) is 9.72. The van der Waals surface area contributed by atoms with Crippen molar-refractivity contribution in [3.63, 3.8) is 0 Å². The number of halogens is 1. The second-order valence-corrected chi connectivity index (χ2v) is 4.94. The van der Waals surface area contributed by atoms with E-state index in [-0.39, 0.29) is 5.15 Å². The molecule has 0 saturated heterocycles. The van der Waals surface area contributed by atoms with Crippen LogP contribution in [0.1, 0.15) is 10.4 Å². The Morgan fingerprint density at radius 1 is 1.20 bits per heavy atom. The van der Waals surface area contributed by atoms with Crippen LogP contribution in [-0.2, 0) is 0 Å². The Morgan fingerprint density at radius 2 is 1.95 bits per heavy atom. The van der Waals surface area contributed by atoms with Gasteiger partial charge in [0, 0.05) is 20.1 Å². The van der Waals surface area contributed by atoms with Crippen LogP contribution in [0.3, 0.4) is 0 Å². The van der Waals surface area contributed by atoms with Crippen LogP contribution < -0.4 is 9.80 Å². The molecule has 3 rings (SSSR count). The van der Waals surface area contributed by atoms with Gasteiger partial charge in [0.25, 0.3) is 0 Å². The molecule has 0 atom stereocenters. The SMILES string of the molecule is CN1CCN(c2ncnc(Cl)c2C=O)c2ccccc21. The van der Waals surface area contributed by atoms with Crippen molar-refractivity contribution < 1.29 is 4.79 Å².